The van der Waals surface area contributed by atoms with Gasteiger partial charge in [-0.2, -0.15) is 12.6 Å². The summed E-state index contributed by atoms with van der Waals surface area (Å²) in [5.41, 5.74) is 4.54. The van der Waals surface area contributed by atoms with Crippen LogP contribution in [0.3, 0.4) is 0 Å². The summed E-state index contributed by atoms with van der Waals surface area (Å²) < 4.78 is 0. The minimum absolute atomic E-state index is 0. The van der Waals surface area contributed by atoms with Crippen LogP contribution in [0.15, 0.2) is 41.6 Å². The molecule has 1 aromatic carbocycles. The molecular weight excluding hydrogens is 322 g/mol. The van der Waals surface area contributed by atoms with Gasteiger partial charge in [0.15, 0.2) is 0 Å². The average molecular weight is 338 g/mol. The van der Waals surface area contributed by atoms with Crippen molar-refractivity contribution in [2.45, 2.75) is 23.5 Å². The number of rotatable bonds is 4. The van der Waals surface area contributed by atoms with Gasteiger partial charge in [-0.05, 0) is 36.2 Å². The van der Waals surface area contributed by atoms with Crippen LogP contribution in [0.4, 0.5) is 0 Å². The third-order valence-electron chi connectivity index (χ3n) is 3.22. The van der Waals surface area contributed by atoms with Crippen molar-refractivity contribution in [2.24, 2.45) is 0 Å². The summed E-state index contributed by atoms with van der Waals surface area (Å²) in [5, 5.41) is 1.05. The van der Waals surface area contributed by atoms with Crippen LogP contribution < -0.4 is 0 Å². The van der Waals surface area contributed by atoms with E-state index in [0.717, 1.165) is 33.4 Å². The maximum absolute atomic E-state index is 4.58. The van der Waals surface area contributed by atoms with Crippen molar-refractivity contribution in [3.05, 3.63) is 53.5 Å². The number of hydrogen-bond acceptors (Lipinski definition) is 4. The summed E-state index contributed by atoms with van der Waals surface area (Å²) >= 11 is 6.05. The molecule has 0 radical (unpaired) electrons. The van der Waals surface area contributed by atoms with Crippen LogP contribution in [0, 0.1) is 6.92 Å². The van der Waals surface area contributed by atoms with Gasteiger partial charge in [-0.25, -0.2) is 9.97 Å². The predicted molar refractivity (Wildman–Crippen MR) is 94.6 cm³/mol. The van der Waals surface area contributed by atoms with Gasteiger partial charge >= 0.3 is 0 Å². The zero-order chi connectivity index (χ0) is 13.9. The number of imidazole rings is 1. The Kier molecular flexibility index (Phi) is 5.56. The Bertz CT molecular complexity index is 710. The first-order valence-electron chi connectivity index (χ1n) is 6.39. The monoisotopic (exact) mass is 337 g/mol. The van der Waals surface area contributed by atoms with E-state index in [1.807, 2.05) is 36.5 Å². The molecule has 3 aromatic rings. The fourth-order valence-electron chi connectivity index (χ4n) is 2.08. The number of aromatic amines is 1. The fourth-order valence-corrected chi connectivity index (χ4v) is 3.32. The molecule has 2 heterocycles. The lowest BCUT2D eigenvalue weighted by molar-refractivity contribution is 1.04. The number of hydrogen-bond donors (Lipinski definition) is 2. The molecule has 0 spiro atoms. The molecule has 0 fully saturated rings. The van der Waals surface area contributed by atoms with Crippen molar-refractivity contribution in [1.82, 2.24) is 15.0 Å². The summed E-state index contributed by atoms with van der Waals surface area (Å²) in [6.07, 6.45) is 1.85. The van der Waals surface area contributed by atoms with Crippen molar-refractivity contribution in [3.8, 4) is 0 Å². The van der Waals surface area contributed by atoms with Crippen molar-refractivity contribution in [1.29, 1.82) is 0 Å². The molecule has 0 amide bonds. The van der Waals surface area contributed by atoms with E-state index in [1.165, 1.54) is 11.1 Å². The minimum Gasteiger partial charge on any atom is -0.341 e. The second-order valence-electron chi connectivity index (χ2n) is 4.55. The number of nitrogens with zero attached hydrogens (tertiary/aromatic N) is 2. The van der Waals surface area contributed by atoms with E-state index in [-0.39, 0.29) is 12.4 Å². The van der Waals surface area contributed by atoms with Crippen LogP contribution in [-0.4, -0.2) is 15.0 Å². The lowest BCUT2D eigenvalue weighted by Gasteiger charge is -2.07. The molecule has 0 unspecified atom stereocenters. The topological polar surface area (TPSA) is 41.6 Å². The zero-order valence-corrected chi connectivity index (χ0v) is 14.1. The number of nitrogens with one attached hydrogen (secondary N) is 1. The Morgan fingerprint density at radius 1 is 1.24 bits per heavy atom. The summed E-state index contributed by atoms with van der Waals surface area (Å²) in [6, 6.07) is 10.1. The largest absolute Gasteiger partial charge is 0.341 e. The Labute approximate surface area is 139 Å². The van der Waals surface area contributed by atoms with E-state index >= 15 is 0 Å². The van der Waals surface area contributed by atoms with Gasteiger partial charge in [0.05, 0.1) is 21.8 Å². The van der Waals surface area contributed by atoms with Gasteiger partial charge < -0.3 is 4.98 Å². The van der Waals surface area contributed by atoms with E-state index < -0.39 is 0 Å². The van der Waals surface area contributed by atoms with Crippen LogP contribution >= 0.6 is 36.8 Å². The second kappa shape index (κ2) is 7.20. The maximum atomic E-state index is 4.58. The fraction of sp³-hybridized carbons (Fsp3) is 0.200. The highest BCUT2D eigenvalue weighted by Gasteiger charge is 2.07. The van der Waals surface area contributed by atoms with E-state index in [9.17, 15) is 0 Å². The standard InChI is InChI=1S/C15H15N3S2.ClH/c1-10-11(8-19)6-7-16-15(10)20-9-14-17-12-4-2-3-5-13(12)18-14;/h2-7,19H,8-9H2,1H3,(H,17,18);1H. The molecule has 3 rings (SSSR count). The van der Waals surface area contributed by atoms with Crippen molar-refractivity contribution in [3.63, 3.8) is 0 Å². The summed E-state index contributed by atoms with van der Waals surface area (Å²) in [7, 11) is 0. The molecule has 0 bridgehead atoms. The summed E-state index contributed by atoms with van der Waals surface area (Å²) in [4.78, 5) is 12.4. The third kappa shape index (κ3) is 3.54. The van der Waals surface area contributed by atoms with Crippen LogP contribution in [0.5, 0.6) is 0 Å². The quantitative estimate of drug-likeness (QED) is 0.547. The first kappa shape index (κ1) is 16.2. The highest BCUT2D eigenvalue weighted by Crippen LogP contribution is 2.26. The second-order valence-corrected chi connectivity index (χ2v) is 5.83. The molecule has 2 aromatic heterocycles. The van der Waals surface area contributed by atoms with Gasteiger partial charge in [-0.1, -0.05) is 23.9 Å². The molecule has 21 heavy (non-hydrogen) atoms. The van der Waals surface area contributed by atoms with Crippen LogP contribution in [0.25, 0.3) is 11.0 Å². The molecule has 110 valence electrons. The van der Waals surface area contributed by atoms with Gasteiger partial charge in [0.25, 0.3) is 0 Å². The molecular formula is C15H16ClN3S2. The molecule has 0 aliphatic rings. The molecule has 1 N–H and O–H groups in total. The molecule has 6 heteroatoms. The Balaban J connectivity index is 0.00000161. The van der Waals surface area contributed by atoms with Gasteiger partial charge in [0.2, 0.25) is 0 Å². The van der Waals surface area contributed by atoms with Crippen LogP contribution in [0.2, 0.25) is 0 Å². The van der Waals surface area contributed by atoms with E-state index in [0.29, 0.717) is 0 Å². The number of thiol groups is 1. The molecule has 3 nitrogen and oxygen atoms in total. The molecule has 0 saturated carbocycles. The first-order valence-corrected chi connectivity index (χ1v) is 8.01. The molecule has 0 aliphatic carbocycles. The van der Waals surface area contributed by atoms with Crippen LogP contribution in [0.1, 0.15) is 17.0 Å². The number of H-pyrrole nitrogens is 1. The molecule has 0 atom stereocenters. The third-order valence-corrected chi connectivity index (χ3v) is 4.67. The smallest absolute Gasteiger partial charge is 0.117 e. The number of fused-ring (bicyclic) bond motifs is 1. The van der Waals surface area contributed by atoms with E-state index in [2.05, 4.69) is 34.5 Å². The highest BCUT2D eigenvalue weighted by molar-refractivity contribution is 7.98. The Hall–Kier alpha value is -1.17. The first-order chi connectivity index (χ1) is 9.78. The van der Waals surface area contributed by atoms with Gasteiger partial charge in [0, 0.05) is 11.9 Å². The van der Waals surface area contributed by atoms with Crippen LogP contribution in [-0.2, 0) is 11.5 Å². The maximum Gasteiger partial charge on any atom is 0.117 e. The van der Waals surface area contributed by atoms with E-state index in [1.54, 1.807) is 11.8 Å². The SMILES string of the molecule is Cc1c(CS)ccnc1SCc1nc2ccccc2[nH]1.Cl. The number of benzene rings is 1. The Morgan fingerprint density at radius 3 is 2.81 bits per heavy atom. The van der Waals surface area contributed by atoms with Gasteiger partial charge in [-0.3, -0.25) is 0 Å². The van der Waals surface area contributed by atoms with Gasteiger partial charge in [-0.15, -0.1) is 12.4 Å². The summed E-state index contributed by atoms with van der Waals surface area (Å²) in [6.45, 7) is 2.10. The number of thioether (sulfide) groups is 1. The molecule has 0 aliphatic heterocycles. The number of pyridine rings is 1. The normalized spacial score (nSPS) is 10.6. The highest BCUT2D eigenvalue weighted by atomic mass is 35.5. The Morgan fingerprint density at radius 2 is 2.05 bits per heavy atom. The number of aromatic nitrogens is 3. The lowest BCUT2D eigenvalue weighted by atomic mass is 10.2. The predicted octanol–water partition coefficient (Wildman–Crippen LogP) is 4.41. The molecule has 0 saturated heterocycles. The average Bonchev–Trinajstić information content (AvgIpc) is 2.89. The zero-order valence-electron chi connectivity index (χ0n) is 11.5. The van der Waals surface area contributed by atoms with E-state index in [4.69, 9.17) is 0 Å². The lowest BCUT2D eigenvalue weighted by Crippen LogP contribution is -1.92. The number of halogens is 1. The van der Waals surface area contributed by atoms with Crippen molar-refractivity contribution >= 4 is 47.8 Å². The summed E-state index contributed by atoms with van der Waals surface area (Å²) in [5.74, 6) is 2.51. The van der Waals surface area contributed by atoms with Crippen molar-refractivity contribution < 1.29 is 0 Å². The van der Waals surface area contributed by atoms with Crippen molar-refractivity contribution in [2.75, 3.05) is 0 Å². The van der Waals surface area contributed by atoms with Gasteiger partial charge in [0.1, 0.15) is 5.82 Å². The number of para-hydroxylation sites is 2. The minimum atomic E-state index is 0.